The van der Waals surface area contributed by atoms with Gasteiger partial charge in [0.25, 0.3) is 0 Å². The Balaban J connectivity index is 2.53. The number of benzene rings is 1. The maximum Gasteiger partial charge on any atom is 0.220 e. The highest BCUT2D eigenvalue weighted by atomic mass is 32.2. The first-order valence-electron chi connectivity index (χ1n) is 6.66. The first kappa shape index (κ1) is 17.0. The zero-order chi connectivity index (χ0) is 15.1. The third-order valence-electron chi connectivity index (χ3n) is 3.34. The van der Waals surface area contributed by atoms with Crippen LogP contribution in [0.2, 0.25) is 0 Å². The van der Waals surface area contributed by atoms with E-state index in [2.05, 4.69) is 5.32 Å². The van der Waals surface area contributed by atoms with E-state index in [1.165, 1.54) is 23.9 Å². The molecule has 0 aliphatic carbocycles. The molecular formula is C15H22FNO2S. The molecule has 0 aliphatic rings. The molecule has 0 aliphatic heterocycles. The lowest BCUT2D eigenvalue weighted by molar-refractivity contribution is -0.122. The highest BCUT2D eigenvalue weighted by molar-refractivity contribution is 7.99. The molecule has 5 heteroatoms. The van der Waals surface area contributed by atoms with Crippen molar-refractivity contribution in [2.24, 2.45) is 0 Å². The smallest absolute Gasteiger partial charge is 0.220 e. The Morgan fingerprint density at radius 2 is 2.15 bits per heavy atom. The second-order valence-corrected chi connectivity index (χ2v) is 6.05. The average Bonchev–Trinajstić information content (AvgIpc) is 2.39. The van der Waals surface area contributed by atoms with Gasteiger partial charge in [0, 0.05) is 17.7 Å². The Bertz CT molecular complexity index is 438. The Morgan fingerprint density at radius 3 is 2.70 bits per heavy atom. The van der Waals surface area contributed by atoms with Crippen molar-refractivity contribution in [1.82, 2.24) is 5.32 Å². The van der Waals surface area contributed by atoms with Gasteiger partial charge < -0.3 is 10.4 Å². The Hall–Kier alpha value is -1.07. The van der Waals surface area contributed by atoms with Crippen LogP contribution in [0.3, 0.4) is 0 Å². The zero-order valence-corrected chi connectivity index (χ0v) is 12.9. The number of carbonyl (C=O) groups excluding carboxylic acids is 1. The summed E-state index contributed by atoms with van der Waals surface area (Å²) >= 11 is 1.52. The fourth-order valence-corrected chi connectivity index (χ4v) is 2.68. The predicted molar refractivity (Wildman–Crippen MR) is 81.4 cm³/mol. The average molecular weight is 299 g/mol. The first-order chi connectivity index (χ1) is 9.47. The molecule has 0 heterocycles. The molecule has 3 unspecified atom stereocenters. The molecule has 112 valence electrons. The molecule has 1 rings (SSSR count). The summed E-state index contributed by atoms with van der Waals surface area (Å²) in [4.78, 5) is 12.0. The Kier molecular flexibility index (Phi) is 7.02. The highest BCUT2D eigenvalue weighted by Gasteiger charge is 2.19. The first-order valence-corrected chi connectivity index (χ1v) is 7.95. The minimum Gasteiger partial charge on any atom is -0.395 e. The molecule has 3 nitrogen and oxygen atoms in total. The van der Waals surface area contributed by atoms with E-state index in [4.69, 9.17) is 0 Å². The second kappa shape index (κ2) is 8.27. The zero-order valence-electron chi connectivity index (χ0n) is 12.1. The van der Waals surface area contributed by atoms with Crippen molar-refractivity contribution < 1.29 is 14.3 Å². The Labute approximate surface area is 124 Å². The van der Waals surface area contributed by atoms with Gasteiger partial charge in [-0.05, 0) is 36.8 Å². The van der Waals surface area contributed by atoms with Crippen LogP contribution in [0.25, 0.3) is 0 Å². The van der Waals surface area contributed by atoms with Crippen molar-refractivity contribution in [2.45, 2.75) is 37.5 Å². The largest absolute Gasteiger partial charge is 0.395 e. The fourth-order valence-electron chi connectivity index (χ4n) is 2.05. The molecule has 0 fully saturated rings. The summed E-state index contributed by atoms with van der Waals surface area (Å²) in [5.41, 5.74) is 0.816. The van der Waals surface area contributed by atoms with E-state index in [0.29, 0.717) is 6.42 Å². The summed E-state index contributed by atoms with van der Waals surface area (Å²) in [7, 11) is 0. The molecule has 1 amide bonds. The van der Waals surface area contributed by atoms with Crippen LogP contribution in [0.4, 0.5) is 4.39 Å². The standard InChI is InChI=1S/C15H22FNO2S/c1-10(12-5-4-6-13(16)8-12)7-15(19)17-11(2)14(9-18)20-3/h4-6,8,10-11,14,18H,7,9H2,1-3H3,(H,17,19). The molecule has 0 saturated heterocycles. The second-order valence-electron chi connectivity index (χ2n) is 4.97. The van der Waals surface area contributed by atoms with E-state index in [9.17, 15) is 14.3 Å². The van der Waals surface area contributed by atoms with Crippen LogP contribution in [0.5, 0.6) is 0 Å². The van der Waals surface area contributed by atoms with E-state index >= 15 is 0 Å². The molecule has 0 spiro atoms. The number of nitrogens with one attached hydrogen (secondary N) is 1. The van der Waals surface area contributed by atoms with Crippen molar-refractivity contribution >= 4 is 17.7 Å². The number of amides is 1. The van der Waals surface area contributed by atoms with Crippen molar-refractivity contribution in [2.75, 3.05) is 12.9 Å². The number of aliphatic hydroxyl groups excluding tert-OH is 1. The molecule has 0 bridgehead atoms. The van der Waals surface area contributed by atoms with Crippen LogP contribution >= 0.6 is 11.8 Å². The molecule has 20 heavy (non-hydrogen) atoms. The van der Waals surface area contributed by atoms with Crippen LogP contribution in [0.1, 0.15) is 31.7 Å². The highest BCUT2D eigenvalue weighted by Crippen LogP contribution is 2.20. The van der Waals surface area contributed by atoms with E-state index in [1.54, 1.807) is 6.07 Å². The van der Waals surface area contributed by atoms with Gasteiger partial charge in [0.1, 0.15) is 5.82 Å². The molecule has 1 aromatic carbocycles. The third kappa shape index (κ3) is 5.13. The van der Waals surface area contributed by atoms with Gasteiger partial charge in [-0.3, -0.25) is 4.79 Å². The molecular weight excluding hydrogens is 277 g/mol. The summed E-state index contributed by atoms with van der Waals surface area (Å²) in [6.45, 7) is 3.81. The van der Waals surface area contributed by atoms with Crippen LogP contribution in [0, 0.1) is 5.82 Å². The number of aliphatic hydroxyl groups is 1. The summed E-state index contributed by atoms with van der Waals surface area (Å²) in [5, 5.41) is 12.1. The topological polar surface area (TPSA) is 49.3 Å². The Morgan fingerprint density at radius 1 is 1.45 bits per heavy atom. The van der Waals surface area contributed by atoms with E-state index in [1.807, 2.05) is 26.2 Å². The van der Waals surface area contributed by atoms with Crippen molar-refractivity contribution in [3.63, 3.8) is 0 Å². The maximum absolute atomic E-state index is 13.1. The summed E-state index contributed by atoms with van der Waals surface area (Å²) in [6.07, 6.45) is 2.21. The lowest BCUT2D eigenvalue weighted by Gasteiger charge is -2.22. The van der Waals surface area contributed by atoms with Crippen LogP contribution in [0.15, 0.2) is 24.3 Å². The summed E-state index contributed by atoms with van der Waals surface area (Å²) in [5.74, 6) is -0.410. The fraction of sp³-hybridized carbons (Fsp3) is 0.533. The summed E-state index contributed by atoms with van der Waals surface area (Å²) in [6, 6.07) is 6.23. The van der Waals surface area contributed by atoms with Crippen molar-refractivity contribution in [1.29, 1.82) is 0 Å². The van der Waals surface area contributed by atoms with Gasteiger partial charge in [0.15, 0.2) is 0 Å². The number of hydrogen-bond donors (Lipinski definition) is 2. The quantitative estimate of drug-likeness (QED) is 0.813. The number of carbonyl (C=O) groups is 1. The van der Waals surface area contributed by atoms with Crippen LogP contribution in [-0.4, -0.2) is 35.2 Å². The van der Waals surface area contributed by atoms with Gasteiger partial charge in [-0.1, -0.05) is 19.1 Å². The molecule has 3 atom stereocenters. The molecule has 0 aromatic heterocycles. The SMILES string of the molecule is CSC(CO)C(C)NC(=O)CC(C)c1cccc(F)c1. The minimum absolute atomic E-state index is 0.0107. The number of thioether (sulfide) groups is 1. The normalized spacial score (nSPS) is 15.4. The maximum atomic E-state index is 13.1. The number of rotatable bonds is 7. The van der Waals surface area contributed by atoms with Gasteiger partial charge in [-0.25, -0.2) is 4.39 Å². The van der Waals surface area contributed by atoms with Crippen LogP contribution in [-0.2, 0) is 4.79 Å². The summed E-state index contributed by atoms with van der Waals surface area (Å²) < 4.78 is 13.1. The number of hydrogen-bond acceptors (Lipinski definition) is 3. The van der Waals surface area contributed by atoms with Gasteiger partial charge >= 0.3 is 0 Å². The van der Waals surface area contributed by atoms with E-state index in [0.717, 1.165) is 5.56 Å². The van der Waals surface area contributed by atoms with E-state index in [-0.39, 0.29) is 35.5 Å². The van der Waals surface area contributed by atoms with Gasteiger partial charge in [-0.2, -0.15) is 11.8 Å². The lowest BCUT2D eigenvalue weighted by Crippen LogP contribution is -2.41. The predicted octanol–water partition coefficient (Wildman–Crippen LogP) is 2.55. The van der Waals surface area contributed by atoms with Crippen molar-refractivity contribution in [3.8, 4) is 0 Å². The molecule has 2 N–H and O–H groups in total. The van der Waals surface area contributed by atoms with Gasteiger partial charge in [0.2, 0.25) is 5.91 Å². The van der Waals surface area contributed by atoms with Crippen LogP contribution < -0.4 is 5.32 Å². The monoisotopic (exact) mass is 299 g/mol. The van der Waals surface area contributed by atoms with Gasteiger partial charge in [-0.15, -0.1) is 0 Å². The molecule has 0 saturated carbocycles. The van der Waals surface area contributed by atoms with Crippen molar-refractivity contribution in [3.05, 3.63) is 35.6 Å². The number of halogens is 1. The third-order valence-corrected chi connectivity index (χ3v) is 4.50. The van der Waals surface area contributed by atoms with E-state index < -0.39 is 0 Å². The van der Waals surface area contributed by atoms with Gasteiger partial charge in [0.05, 0.1) is 6.61 Å². The minimum atomic E-state index is -0.286. The molecule has 0 radical (unpaired) electrons. The lowest BCUT2D eigenvalue weighted by atomic mass is 9.97. The molecule has 1 aromatic rings.